The minimum Gasteiger partial charge on any atom is -0.495 e. The molecule has 6 heteroatoms. The molecule has 1 aliphatic heterocycles. The second kappa shape index (κ2) is 12.0. The quantitative estimate of drug-likeness (QED) is 0.287. The Morgan fingerprint density at radius 2 is 1.45 bits per heavy atom. The predicted octanol–water partition coefficient (Wildman–Crippen LogP) is 5.76. The number of piperazine rings is 1. The number of aryl methyl sites for hydroxylation is 1. The molecule has 38 heavy (non-hydrogen) atoms. The van der Waals surface area contributed by atoms with Gasteiger partial charge in [-0.2, -0.15) is 0 Å². The third-order valence-corrected chi connectivity index (χ3v) is 7.02. The van der Waals surface area contributed by atoms with Gasteiger partial charge in [-0.3, -0.25) is 9.69 Å². The number of furan rings is 1. The molecule has 1 saturated heterocycles. The molecule has 1 fully saturated rings. The molecule has 0 radical (unpaired) electrons. The van der Waals surface area contributed by atoms with E-state index in [0.717, 1.165) is 43.4 Å². The van der Waals surface area contributed by atoms with Crippen LogP contribution in [0, 0.1) is 6.92 Å². The fourth-order valence-electron chi connectivity index (χ4n) is 4.96. The highest BCUT2D eigenvalue weighted by molar-refractivity contribution is 5.91. The Balaban J connectivity index is 1.23. The summed E-state index contributed by atoms with van der Waals surface area (Å²) in [6.07, 6.45) is 0. The third-order valence-electron chi connectivity index (χ3n) is 7.02. The summed E-state index contributed by atoms with van der Waals surface area (Å²) in [4.78, 5) is 19.7. The third kappa shape index (κ3) is 6.26. The second-order valence-corrected chi connectivity index (χ2v) is 9.83. The molecule has 0 unspecified atom stereocenters. The van der Waals surface area contributed by atoms with Gasteiger partial charge in [-0.05, 0) is 42.3 Å². The first-order valence-corrected chi connectivity index (χ1v) is 13.2. The van der Waals surface area contributed by atoms with E-state index >= 15 is 0 Å². The summed E-state index contributed by atoms with van der Waals surface area (Å²) in [5, 5.41) is 0. The second-order valence-electron chi connectivity index (χ2n) is 9.83. The predicted molar refractivity (Wildman–Crippen MR) is 150 cm³/mol. The van der Waals surface area contributed by atoms with Gasteiger partial charge in [0.15, 0.2) is 5.76 Å². The maximum absolute atomic E-state index is 13.3. The van der Waals surface area contributed by atoms with Crippen LogP contribution in [0.1, 0.15) is 33.0 Å². The van der Waals surface area contributed by atoms with E-state index in [1.54, 1.807) is 7.11 Å². The standard InChI is InChI=1S/C32H35N3O3/c1-25-12-14-27(15-13-25)23-33(22-26-8-4-3-5-9-26)24-28-16-17-31(38-28)32(36)35-20-18-34(19-21-35)29-10-6-7-11-30(29)37-2/h3-17H,18-24H2,1-2H3. The smallest absolute Gasteiger partial charge is 0.289 e. The zero-order valence-corrected chi connectivity index (χ0v) is 22.2. The van der Waals surface area contributed by atoms with Crippen LogP contribution in [0.4, 0.5) is 5.69 Å². The normalized spacial score (nSPS) is 13.7. The highest BCUT2D eigenvalue weighted by Gasteiger charge is 2.26. The molecule has 1 aliphatic rings. The summed E-state index contributed by atoms with van der Waals surface area (Å²) in [5.74, 6) is 2.00. The van der Waals surface area contributed by atoms with Crippen LogP contribution in [0.5, 0.6) is 5.75 Å². The van der Waals surface area contributed by atoms with Crippen molar-refractivity contribution in [1.82, 2.24) is 9.80 Å². The first-order valence-electron chi connectivity index (χ1n) is 13.2. The number of rotatable bonds is 9. The minimum absolute atomic E-state index is 0.0518. The van der Waals surface area contributed by atoms with E-state index in [9.17, 15) is 4.79 Å². The van der Waals surface area contributed by atoms with Crippen LogP contribution in [-0.2, 0) is 19.6 Å². The fourth-order valence-corrected chi connectivity index (χ4v) is 4.96. The average Bonchev–Trinajstić information content (AvgIpc) is 3.43. The zero-order valence-electron chi connectivity index (χ0n) is 22.2. The van der Waals surface area contributed by atoms with E-state index in [1.165, 1.54) is 16.7 Å². The number of ether oxygens (including phenoxy) is 1. The van der Waals surface area contributed by atoms with Crippen molar-refractivity contribution in [2.75, 3.05) is 38.2 Å². The van der Waals surface area contributed by atoms with Crippen molar-refractivity contribution in [1.29, 1.82) is 0 Å². The van der Waals surface area contributed by atoms with Crippen molar-refractivity contribution in [3.05, 3.63) is 119 Å². The van der Waals surface area contributed by atoms with Crippen LogP contribution in [0.15, 0.2) is 95.4 Å². The van der Waals surface area contributed by atoms with Gasteiger partial charge in [0.25, 0.3) is 5.91 Å². The molecular formula is C32H35N3O3. The van der Waals surface area contributed by atoms with Crippen molar-refractivity contribution < 1.29 is 13.9 Å². The Kier molecular flexibility index (Phi) is 8.09. The molecule has 3 aromatic carbocycles. The van der Waals surface area contributed by atoms with Crippen molar-refractivity contribution in [3.8, 4) is 5.75 Å². The van der Waals surface area contributed by atoms with Crippen LogP contribution in [-0.4, -0.2) is 49.0 Å². The Morgan fingerprint density at radius 1 is 0.789 bits per heavy atom. The largest absolute Gasteiger partial charge is 0.495 e. The highest BCUT2D eigenvalue weighted by atomic mass is 16.5. The van der Waals surface area contributed by atoms with Gasteiger partial charge in [0.2, 0.25) is 0 Å². The molecule has 1 amide bonds. The summed E-state index contributed by atoms with van der Waals surface area (Å²) in [6, 6.07) is 30.9. The van der Waals surface area contributed by atoms with Crippen LogP contribution >= 0.6 is 0 Å². The molecule has 1 aromatic heterocycles. The SMILES string of the molecule is COc1ccccc1N1CCN(C(=O)c2ccc(CN(Cc3ccccc3)Cc3ccc(C)cc3)o2)CC1. The van der Waals surface area contributed by atoms with Gasteiger partial charge < -0.3 is 19.0 Å². The van der Waals surface area contributed by atoms with Gasteiger partial charge in [-0.15, -0.1) is 0 Å². The lowest BCUT2D eigenvalue weighted by Gasteiger charge is -2.36. The number of para-hydroxylation sites is 2. The Morgan fingerprint density at radius 3 is 2.16 bits per heavy atom. The molecule has 5 rings (SSSR count). The average molecular weight is 510 g/mol. The van der Waals surface area contributed by atoms with Crippen molar-refractivity contribution in [2.24, 2.45) is 0 Å². The van der Waals surface area contributed by atoms with Gasteiger partial charge >= 0.3 is 0 Å². The van der Waals surface area contributed by atoms with Gasteiger partial charge in [0, 0.05) is 39.3 Å². The van der Waals surface area contributed by atoms with Crippen molar-refractivity contribution >= 4 is 11.6 Å². The molecular weight excluding hydrogens is 474 g/mol. The van der Waals surface area contributed by atoms with Gasteiger partial charge in [0.1, 0.15) is 11.5 Å². The molecule has 6 nitrogen and oxygen atoms in total. The van der Waals surface area contributed by atoms with E-state index < -0.39 is 0 Å². The Labute approximate surface area is 225 Å². The minimum atomic E-state index is -0.0518. The molecule has 196 valence electrons. The number of nitrogens with zero attached hydrogens (tertiary/aromatic N) is 3. The number of hydrogen-bond donors (Lipinski definition) is 0. The fraction of sp³-hybridized carbons (Fsp3) is 0.281. The van der Waals surface area contributed by atoms with E-state index in [1.807, 2.05) is 41.3 Å². The lowest BCUT2D eigenvalue weighted by atomic mass is 10.1. The summed E-state index contributed by atoms with van der Waals surface area (Å²) < 4.78 is 11.6. The molecule has 2 heterocycles. The molecule has 0 saturated carbocycles. The van der Waals surface area contributed by atoms with E-state index in [-0.39, 0.29) is 5.91 Å². The van der Waals surface area contributed by atoms with Crippen LogP contribution < -0.4 is 9.64 Å². The summed E-state index contributed by atoms with van der Waals surface area (Å²) >= 11 is 0. The lowest BCUT2D eigenvalue weighted by molar-refractivity contribution is 0.0710. The van der Waals surface area contributed by atoms with E-state index in [2.05, 4.69) is 71.3 Å². The van der Waals surface area contributed by atoms with E-state index in [0.29, 0.717) is 25.4 Å². The maximum atomic E-state index is 13.3. The number of benzene rings is 3. The Hall–Kier alpha value is -4.03. The van der Waals surface area contributed by atoms with Gasteiger partial charge in [0.05, 0.1) is 19.3 Å². The van der Waals surface area contributed by atoms with Gasteiger partial charge in [-0.25, -0.2) is 0 Å². The van der Waals surface area contributed by atoms with Gasteiger partial charge in [-0.1, -0.05) is 72.3 Å². The van der Waals surface area contributed by atoms with Crippen LogP contribution in [0.3, 0.4) is 0 Å². The Bertz CT molecular complexity index is 1330. The summed E-state index contributed by atoms with van der Waals surface area (Å²) in [7, 11) is 1.69. The number of amides is 1. The molecule has 0 N–H and O–H groups in total. The maximum Gasteiger partial charge on any atom is 0.289 e. The molecule has 0 aliphatic carbocycles. The number of carbonyl (C=O) groups is 1. The monoisotopic (exact) mass is 509 g/mol. The first kappa shape index (κ1) is 25.6. The molecule has 0 atom stereocenters. The number of carbonyl (C=O) groups excluding carboxylic acids is 1. The molecule has 4 aromatic rings. The van der Waals surface area contributed by atoms with Crippen LogP contribution in [0.25, 0.3) is 0 Å². The van der Waals surface area contributed by atoms with Crippen LogP contribution in [0.2, 0.25) is 0 Å². The molecule has 0 spiro atoms. The summed E-state index contributed by atoms with van der Waals surface area (Å²) in [6.45, 7) is 7.10. The number of hydrogen-bond acceptors (Lipinski definition) is 5. The lowest BCUT2D eigenvalue weighted by Crippen LogP contribution is -2.48. The zero-order chi connectivity index (χ0) is 26.3. The summed E-state index contributed by atoms with van der Waals surface area (Å²) in [5.41, 5.74) is 4.81. The topological polar surface area (TPSA) is 49.2 Å². The van der Waals surface area contributed by atoms with Crippen molar-refractivity contribution in [2.45, 2.75) is 26.6 Å². The number of methoxy groups -OCH3 is 1. The first-order chi connectivity index (χ1) is 18.6. The number of anilines is 1. The molecule has 0 bridgehead atoms. The highest BCUT2D eigenvalue weighted by Crippen LogP contribution is 2.28. The van der Waals surface area contributed by atoms with Crippen molar-refractivity contribution in [3.63, 3.8) is 0 Å². The van der Waals surface area contributed by atoms with E-state index in [4.69, 9.17) is 9.15 Å².